The van der Waals surface area contributed by atoms with Gasteiger partial charge in [0.25, 0.3) is 0 Å². The Morgan fingerprint density at radius 1 is 1.40 bits per heavy atom. The number of nitrogens with zero attached hydrogens (tertiary/aromatic N) is 2. The highest BCUT2D eigenvalue weighted by Gasteiger charge is 2.12. The van der Waals surface area contributed by atoms with Crippen LogP contribution in [0.2, 0.25) is 0 Å². The molecule has 0 aliphatic carbocycles. The molecule has 3 nitrogen and oxygen atoms in total. The summed E-state index contributed by atoms with van der Waals surface area (Å²) in [5.74, 6) is 1.14. The summed E-state index contributed by atoms with van der Waals surface area (Å²) in [4.78, 5) is 6.86. The van der Waals surface area contributed by atoms with Gasteiger partial charge in [0.15, 0.2) is 0 Å². The van der Waals surface area contributed by atoms with Gasteiger partial charge in [0, 0.05) is 32.4 Å². The summed E-state index contributed by atoms with van der Waals surface area (Å²) in [6.07, 6.45) is 3.09. The second-order valence-electron chi connectivity index (χ2n) is 4.06. The standard InChI is InChI=1S/C12H19N3/c1-3-11-8-12(14-9-10(11)2)15-6-4-13-5-7-15/h8-9,13H,3-7H2,1-2H3. The molecule has 1 N–H and O–H groups in total. The minimum Gasteiger partial charge on any atom is -0.354 e. The fourth-order valence-electron chi connectivity index (χ4n) is 2.00. The molecule has 0 unspecified atom stereocenters. The SMILES string of the molecule is CCc1cc(N2CCNCC2)ncc1C. The summed E-state index contributed by atoms with van der Waals surface area (Å²) in [6.45, 7) is 8.60. The zero-order valence-electron chi connectivity index (χ0n) is 9.58. The first kappa shape index (κ1) is 10.4. The topological polar surface area (TPSA) is 28.2 Å². The smallest absolute Gasteiger partial charge is 0.128 e. The minimum absolute atomic E-state index is 1.07. The Kier molecular flexibility index (Phi) is 3.21. The summed E-state index contributed by atoms with van der Waals surface area (Å²) in [5.41, 5.74) is 2.72. The number of pyridine rings is 1. The Bertz CT molecular complexity index is 330. The van der Waals surface area contributed by atoms with E-state index in [0.29, 0.717) is 0 Å². The van der Waals surface area contributed by atoms with Crippen molar-refractivity contribution in [1.82, 2.24) is 10.3 Å². The Labute approximate surface area is 91.5 Å². The molecule has 0 bridgehead atoms. The summed E-state index contributed by atoms with van der Waals surface area (Å²) < 4.78 is 0. The van der Waals surface area contributed by atoms with Gasteiger partial charge < -0.3 is 10.2 Å². The van der Waals surface area contributed by atoms with Crippen molar-refractivity contribution in [2.24, 2.45) is 0 Å². The van der Waals surface area contributed by atoms with E-state index in [1.807, 2.05) is 6.20 Å². The van der Waals surface area contributed by atoms with E-state index in [0.717, 1.165) is 38.4 Å². The molecule has 82 valence electrons. The Hall–Kier alpha value is -1.09. The number of anilines is 1. The van der Waals surface area contributed by atoms with Crippen molar-refractivity contribution in [1.29, 1.82) is 0 Å². The molecule has 15 heavy (non-hydrogen) atoms. The molecule has 0 saturated carbocycles. The zero-order chi connectivity index (χ0) is 10.7. The van der Waals surface area contributed by atoms with Crippen molar-refractivity contribution in [2.75, 3.05) is 31.1 Å². The van der Waals surface area contributed by atoms with Crippen molar-refractivity contribution in [2.45, 2.75) is 20.3 Å². The van der Waals surface area contributed by atoms with Crippen LogP contribution in [-0.2, 0) is 6.42 Å². The van der Waals surface area contributed by atoms with Crippen LogP contribution in [0.15, 0.2) is 12.3 Å². The van der Waals surface area contributed by atoms with Gasteiger partial charge in [-0.3, -0.25) is 0 Å². The molecule has 0 aromatic carbocycles. The highest BCUT2D eigenvalue weighted by Crippen LogP contribution is 2.16. The van der Waals surface area contributed by atoms with Crippen LogP contribution in [0, 0.1) is 6.92 Å². The van der Waals surface area contributed by atoms with Gasteiger partial charge in [0.1, 0.15) is 5.82 Å². The maximum absolute atomic E-state index is 4.51. The summed E-state index contributed by atoms with van der Waals surface area (Å²) in [6, 6.07) is 2.24. The van der Waals surface area contributed by atoms with Crippen LogP contribution in [0.3, 0.4) is 0 Å². The molecule has 0 atom stereocenters. The Morgan fingerprint density at radius 2 is 2.13 bits per heavy atom. The number of rotatable bonds is 2. The second kappa shape index (κ2) is 4.62. The minimum atomic E-state index is 1.07. The number of hydrogen-bond donors (Lipinski definition) is 1. The van der Waals surface area contributed by atoms with E-state index < -0.39 is 0 Å². The predicted octanol–water partition coefficient (Wildman–Crippen LogP) is 1.36. The molecule has 2 heterocycles. The van der Waals surface area contributed by atoms with Crippen LogP contribution >= 0.6 is 0 Å². The summed E-state index contributed by atoms with van der Waals surface area (Å²) in [5, 5.41) is 3.36. The molecule has 0 radical (unpaired) electrons. The first-order valence-electron chi connectivity index (χ1n) is 5.72. The average Bonchev–Trinajstić information content (AvgIpc) is 2.31. The van der Waals surface area contributed by atoms with Crippen LogP contribution in [0.25, 0.3) is 0 Å². The van der Waals surface area contributed by atoms with E-state index in [9.17, 15) is 0 Å². The molecule has 1 aliphatic heterocycles. The third-order valence-electron chi connectivity index (χ3n) is 3.02. The molecule has 1 aromatic rings. The van der Waals surface area contributed by atoms with Gasteiger partial charge in [-0.1, -0.05) is 6.92 Å². The number of hydrogen-bond acceptors (Lipinski definition) is 3. The van der Waals surface area contributed by atoms with E-state index in [-0.39, 0.29) is 0 Å². The van der Waals surface area contributed by atoms with Gasteiger partial charge in [-0.15, -0.1) is 0 Å². The Morgan fingerprint density at radius 3 is 2.80 bits per heavy atom. The fraction of sp³-hybridized carbons (Fsp3) is 0.583. The lowest BCUT2D eigenvalue weighted by molar-refractivity contribution is 0.584. The molecule has 3 heteroatoms. The molecular formula is C12H19N3. The number of piperazine rings is 1. The summed E-state index contributed by atoms with van der Waals surface area (Å²) in [7, 11) is 0. The first-order valence-corrected chi connectivity index (χ1v) is 5.72. The molecule has 1 fully saturated rings. The molecule has 1 aromatic heterocycles. The van der Waals surface area contributed by atoms with Gasteiger partial charge in [0.2, 0.25) is 0 Å². The van der Waals surface area contributed by atoms with Crippen LogP contribution in [0.1, 0.15) is 18.1 Å². The van der Waals surface area contributed by atoms with Crippen LogP contribution < -0.4 is 10.2 Å². The zero-order valence-corrected chi connectivity index (χ0v) is 9.58. The monoisotopic (exact) mass is 205 g/mol. The highest BCUT2D eigenvalue weighted by atomic mass is 15.2. The predicted molar refractivity (Wildman–Crippen MR) is 63.4 cm³/mol. The lowest BCUT2D eigenvalue weighted by Gasteiger charge is -2.28. The van der Waals surface area contributed by atoms with Crippen LogP contribution in [-0.4, -0.2) is 31.2 Å². The van der Waals surface area contributed by atoms with Crippen molar-refractivity contribution >= 4 is 5.82 Å². The maximum atomic E-state index is 4.51. The normalized spacial score (nSPS) is 16.8. The van der Waals surface area contributed by atoms with Crippen LogP contribution in [0.5, 0.6) is 0 Å². The van der Waals surface area contributed by atoms with E-state index in [4.69, 9.17) is 0 Å². The maximum Gasteiger partial charge on any atom is 0.128 e. The quantitative estimate of drug-likeness (QED) is 0.790. The van der Waals surface area contributed by atoms with Crippen molar-refractivity contribution in [3.63, 3.8) is 0 Å². The van der Waals surface area contributed by atoms with Crippen LogP contribution in [0.4, 0.5) is 5.82 Å². The van der Waals surface area contributed by atoms with E-state index in [2.05, 4.69) is 35.1 Å². The van der Waals surface area contributed by atoms with E-state index in [1.165, 1.54) is 11.1 Å². The third kappa shape index (κ3) is 2.29. The Balaban J connectivity index is 2.20. The summed E-state index contributed by atoms with van der Waals surface area (Å²) >= 11 is 0. The molecular weight excluding hydrogens is 186 g/mol. The molecule has 1 aliphatic rings. The lowest BCUT2D eigenvalue weighted by atomic mass is 10.1. The molecule has 2 rings (SSSR count). The largest absolute Gasteiger partial charge is 0.354 e. The van der Waals surface area contributed by atoms with Gasteiger partial charge in [-0.25, -0.2) is 4.98 Å². The lowest BCUT2D eigenvalue weighted by Crippen LogP contribution is -2.43. The fourth-order valence-corrected chi connectivity index (χ4v) is 2.00. The highest BCUT2D eigenvalue weighted by molar-refractivity contribution is 5.44. The van der Waals surface area contributed by atoms with Gasteiger partial charge in [0.05, 0.1) is 0 Å². The van der Waals surface area contributed by atoms with Gasteiger partial charge in [-0.05, 0) is 30.5 Å². The third-order valence-corrected chi connectivity index (χ3v) is 3.02. The number of nitrogens with one attached hydrogen (secondary N) is 1. The second-order valence-corrected chi connectivity index (χ2v) is 4.06. The van der Waals surface area contributed by atoms with E-state index in [1.54, 1.807) is 0 Å². The number of aromatic nitrogens is 1. The molecule has 1 saturated heterocycles. The average molecular weight is 205 g/mol. The number of aryl methyl sites for hydroxylation is 2. The van der Waals surface area contributed by atoms with E-state index >= 15 is 0 Å². The van der Waals surface area contributed by atoms with Gasteiger partial charge >= 0.3 is 0 Å². The van der Waals surface area contributed by atoms with Gasteiger partial charge in [-0.2, -0.15) is 0 Å². The van der Waals surface area contributed by atoms with Crippen molar-refractivity contribution < 1.29 is 0 Å². The molecule has 0 amide bonds. The van der Waals surface area contributed by atoms with Crippen molar-refractivity contribution in [3.05, 3.63) is 23.4 Å². The molecule has 0 spiro atoms. The van der Waals surface area contributed by atoms with Crippen molar-refractivity contribution in [3.8, 4) is 0 Å². The first-order chi connectivity index (χ1) is 7.31.